The topological polar surface area (TPSA) is 15.3 Å². The summed E-state index contributed by atoms with van der Waals surface area (Å²) >= 11 is 1.93. The Hall–Kier alpha value is -0.380. The van der Waals surface area contributed by atoms with Gasteiger partial charge >= 0.3 is 0 Å². The van der Waals surface area contributed by atoms with Gasteiger partial charge in [0.15, 0.2) is 0 Å². The molecule has 0 aliphatic carbocycles. The van der Waals surface area contributed by atoms with Crippen molar-refractivity contribution in [3.63, 3.8) is 0 Å². The van der Waals surface area contributed by atoms with Crippen molar-refractivity contribution >= 4 is 11.3 Å². The highest BCUT2D eigenvalue weighted by Gasteiger charge is 2.19. The molecule has 0 saturated carbocycles. The standard InChI is InChI=1S/C16H30N2S/c1-15(2,3)14-9-8-13(19-14)10-17-11-16(4,5)12-18(6)7/h8-9,17H,10-12H2,1-7H3. The van der Waals surface area contributed by atoms with Gasteiger partial charge in [-0.05, 0) is 37.1 Å². The summed E-state index contributed by atoms with van der Waals surface area (Å²) in [6.07, 6.45) is 0. The monoisotopic (exact) mass is 282 g/mol. The van der Waals surface area contributed by atoms with Gasteiger partial charge in [-0.25, -0.2) is 0 Å². The van der Waals surface area contributed by atoms with Crippen molar-refractivity contribution < 1.29 is 0 Å². The van der Waals surface area contributed by atoms with Gasteiger partial charge in [-0.3, -0.25) is 0 Å². The highest BCUT2D eigenvalue weighted by atomic mass is 32.1. The molecule has 1 N–H and O–H groups in total. The number of hydrogen-bond donors (Lipinski definition) is 1. The number of nitrogens with one attached hydrogen (secondary N) is 1. The van der Waals surface area contributed by atoms with Crippen molar-refractivity contribution in [2.75, 3.05) is 27.2 Å². The zero-order valence-corrected chi connectivity index (χ0v) is 14.4. The van der Waals surface area contributed by atoms with E-state index in [1.54, 1.807) is 0 Å². The van der Waals surface area contributed by atoms with E-state index in [1.165, 1.54) is 9.75 Å². The summed E-state index contributed by atoms with van der Waals surface area (Å²) in [7, 11) is 4.27. The van der Waals surface area contributed by atoms with Crippen LogP contribution in [0.1, 0.15) is 44.4 Å². The lowest BCUT2D eigenvalue weighted by Gasteiger charge is -2.28. The van der Waals surface area contributed by atoms with E-state index in [0.29, 0.717) is 5.41 Å². The molecule has 19 heavy (non-hydrogen) atoms. The van der Waals surface area contributed by atoms with Gasteiger partial charge in [0, 0.05) is 29.4 Å². The summed E-state index contributed by atoms with van der Waals surface area (Å²) in [6.45, 7) is 14.6. The Morgan fingerprint density at radius 1 is 1.11 bits per heavy atom. The lowest BCUT2D eigenvalue weighted by molar-refractivity contribution is 0.232. The van der Waals surface area contributed by atoms with Crippen LogP contribution in [0.15, 0.2) is 12.1 Å². The summed E-state index contributed by atoms with van der Waals surface area (Å²) in [6, 6.07) is 4.53. The molecule has 1 heterocycles. The molecule has 1 aromatic rings. The molecule has 0 unspecified atom stereocenters. The highest BCUT2D eigenvalue weighted by molar-refractivity contribution is 7.12. The predicted molar refractivity (Wildman–Crippen MR) is 87.1 cm³/mol. The first-order chi connectivity index (χ1) is 8.60. The summed E-state index contributed by atoms with van der Waals surface area (Å²) in [5.74, 6) is 0. The Morgan fingerprint density at radius 2 is 1.74 bits per heavy atom. The molecular weight excluding hydrogens is 252 g/mol. The van der Waals surface area contributed by atoms with E-state index in [9.17, 15) is 0 Å². The van der Waals surface area contributed by atoms with Crippen LogP contribution in [0.4, 0.5) is 0 Å². The van der Waals surface area contributed by atoms with Crippen LogP contribution in [0, 0.1) is 5.41 Å². The van der Waals surface area contributed by atoms with Gasteiger partial charge in [0.2, 0.25) is 0 Å². The molecule has 0 aliphatic rings. The van der Waals surface area contributed by atoms with Crippen LogP contribution in [-0.2, 0) is 12.0 Å². The molecule has 0 radical (unpaired) electrons. The van der Waals surface area contributed by atoms with E-state index in [4.69, 9.17) is 0 Å². The van der Waals surface area contributed by atoms with E-state index in [1.807, 2.05) is 11.3 Å². The maximum absolute atomic E-state index is 3.60. The second-order valence-electron chi connectivity index (χ2n) is 7.52. The molecule has 0 spiro atoms. The lowest BCUT2D eigenvalue weighted by atomic mass is 9.93. The quantitative estimate of drug-likeness (QED) is 0.855. The van der Waals surface area contributed by atoms with E-state index in [0.717, 1.165) is 19.6 Å². The molecule has 0 aromatic carbocycles. The number of thiophene rings is 1. The maximum Gasteiger partial charge on any atom is 0.0300 e. The predicted octanol–water partition coefficient (Wildman–Crippen LogP) is 3.72. The van der Waals surface area contributed by atoms with E-state index < -0.39 is 0 Å². The first-order valence-electron chi connectivity index (χ1n) is 7.05. The zero-order valence-electron chi connectivity index (χ0n) is 13.6. The molecule has 0 fully saturated rings. The van der Waals surface area contributed by atoms with Crippen molar-refractivity contribution in [3.05, 3.63) is 21.9 Å². The van der Waals surface area contributed by atoms with E-state index in [2.05, 4.69) is 71.1 Å². The number of hydrogen-bond acceptors (Lipinski definition) is 3. The molecular formula is C16H30N2S. The van der Waals surface area contributed by atoms with Gasteiger partial charge in [0.05, 0.1) is 0 Å². The third-order valence-corrected chi connectivity index (χ3v) is 4.56. The lowest BCUT2D eigenvalue weighted by Crippen LogP contribution is -2.37. The van der Waals surface area contributed by atoms with Gasteiger partial charge in [-0.2, -0.15) is 0 Å². The smallest absolute Gasteiger partial charge is 0.0300 e. The molecule has 0 amide bonds. The first-order valence-corrected chi connectivity index (χ1v) is 7.86. The maximum atomic E-state index is 3.60. The molecule has 1 aromatic heterocycles. The molecule has 1 rings (SSSR count). The van der Waals surface area contributed by atoms with Crippen molar-refractivity contribution in [2.45, 2.75) is 46.6 Å². The van der Waals surface area contributed by atoms with E-state index in [-0.39, 0.29) is 5.41 Å². The third kappa shape index (κ3) is 6.07. The van der Waals surface area contributed by atoms with Crippen LogP contribution in [0.2, 0.25) is 0 Å². The Balaban J connectivity index is 2.43. The minimum absolute atomic E-state index is 0.271. The third-order valence-electron chi connectivity index (χ3n) is 3.05. The molecule has 0 bridgehead atoms. The van der Waals surface area contributed by atoms with Crippen LogP contribution >= 0.6 is 11.3 Å². The summed E-state index contributed by atoms with van der Waals surface area (Å²) in [5, 5.41) is 3.60. The van der Waals surface area contributed by atoms with Crippen LogP contribution in [0.3, 0.4) is 0 Å². The average Bonchev–Trinajstić information content (AvgIpc) is 2.62. The minimum Gasteiger partial charge on any atom is -0.311 e. The van der Waals surface area contributed by atoms with Crippen molar-refractivity contribution in [1.29, 1.82) is 0 Å². The first kappa shape index (κ1) is 16.7. The Morgan fingerprint density at radius 3 is 2.21 bits per heavy atom. The largest absolute Gasteiger partial charge is 0.311 e. The van der Waals surface area contributed by atoms with E-state index >= 15 is 0 Å². The van der Waals surface area contributed by atoms with Crippen molar-refractivity contribution in [1.82, 2.24) is 10.2 Å². The van der Waals surface area contributed by atoms with Crippen molar-refractivity contribution in [2.24, 2.45) is 5.41 Å². The highest BCUT2D eigenvalue weighted by Crippen LogP contribution is 2.29. The van der Waals surface area contributed by atoms with Gasteiger partial charge in [-0.15, -0.1) is 11.3 Å². The number of nitrogens with zero attached hydrogens (tertiary/aromatic N) is 1. The summed E-state index contributed by atoms with van der Waals surface area (Å²) in [4.78, 5) is 5.16. The summed E-state index contributed by atoms with van der Waals surface area (Å²) < 4.78 is 0. The fourth-order valence-corrected chi connectivity index (χ4v) is 3.35. The van der Waals surface area contributed by atoms with Crippen LogP contribution in [0.5, 0.6) is 0 Å². The molecule has 3 heteroatoms. The van der Waals surface area contributed by atoms with Crippen molar-refractivity contribution in [3.8, 4) is 0 Å². The molecule has 0 atom stereocenters. The normalized spacial score (nSPS) is 13.3. The van der Waals surface area contributed by atoms with Crippen LogP contribution in [-0.4, -0.2) is 32.1 Å². The Labute approximate surface area is 123 Å². The molecule has 110 valence electrons. The average molecular weight is 282 g/mol. The van der Waals surface area contributed by atoms with Crippen LogP contribution < -0.4 is 5.32 Å². The Kier molecular flexibility index (Phi) is 5.60. The fraction of sp³-hybridized carbons (Fsp3) is 0.750. The van der Waals surface area contributed by atoms with Gasteiger partial charge in [0.1, 0.15) is 0 Å². The molecule has 2 nitrogen and oxygen atoms in total. The number of rotatable bonds is 6. The second-order valence-corrected chi connectivity index (χ2v) is 8.69. The van der Waals surface area contributed by atoms with Gasteiger partial charge in [0.25, 0.3) is 0 Å². The zero-order chi connectivity index (χ0) is 14.7. The second kappa shape index (κ2) is 6.38. The summed E-state index contributed by atoms with van der Waals surface area (Å²) in [5.41, 5.74) is 0.584. The molecule has 0 aliphatic heterocycles. The Bertz CT molecular complexity index is 386. The van der Waals surface area contributed by atoms with Gasteiger partial charge in [-0.1, -0.05) is 34.6 Å². The SMILES string of the molecule is CN(C)CC(C)(C)CNCc1ccc(C(C)(C)C)s1. The minimum atomic E-state index is 0.271. The van der Waals surface area contributed by atoms with Crippen LogP contribution in [0.25, 0.3) is 0 Å². The fourth-order valence-electron chi connectivity index (χ4n) is 2.31. The van der Waals surface area contributed by atoms with Gasteiger partial charge < -0.3 is 10.2 Å². The molecule has 0 saturated heterocycles.